The number of ether oxygens (including phenoxy) is 2. The molecule has 1 fully saturated rings. The third-order valence-corrected chi connectivity index (χ3v) is 4.46. The van der Waals surface area contributed by atoms with Gasteiger partial charge in [0.15, 0.2) is 6.61 Å². The number of nitrogens with one attached hydrogen (secondary N) is 1. The molecule has 2 aromatic rings. The number of hydrogen-bond acceptors (Lipinski definition) is 5. The Kier molecular flexibility index (Phi) is 7.66. The van der Waals surface area contributed by atoms with E-state index >= 15 is 0 Å². The van der Waals surface area contributed by atoms with Gasteiger partial charge < -0.3 is 25.4 Å². The minimum atomic E-state index is -0.565. The molecule has 1 aliphatic rings. The van der Waals surface area contributed by atoms with Crippen molar-refractivity contribution in [1.29, 1.82) is 0 Å². The standard InChI is InChI=1S/C20H23N3O4.ClH/c1-26-18-8-3-2-7-16(18)17-12-22-9-10-23(17)20(25)14-5-4-6-15(11-14)27-13-19(21)24;/h2-8,11,17,22H,9-10,12-13H2,1H3,(H2,21,24);1H. The van der Waals surface area contributed by atoms with Crippen molar-refractivity contribution in [3.63, 3.8) is 0 Å². The van der Waals surface area contributed by atoms with Crippen molar-refractivity contribution >= 4 is 24.2 Å². The summed E-state index contributed by atoms with van der Waals surface area (Å²) in [6, 6.07) is 14.4. The van der Waals surface area contributed by atoms with Crippen LogP contribution in [-0.4, -0.2) is 50.1 Å². The number of amides is 2. The van der Waals surface area contributed by atoms with Crippen LogP contribution in [0.1, 0.15) is 22.0 Å². The van der Waals surface area contributed by atoms with Gasteiger partial charge in [0.1, 0.15) is 11.5 Å². The van der Waals surface area contributed by atoms with Crippen LogP contribution in [0, 0.1) is 0 Å². The lowest BCUT2D eigenvalue weighted by atomic mass is 10.0. The third-order valence-electron chi connectivity index (χ3n) is 4.46. The molecule has 0 aromatic heterocycles. The van der Waals surface area contributed by atoms with E-state index in [2.05, 4.69) is 5.32 Å². The van der Waals surface area contributed by atoms with Gasteiger partial charge >= 0.3 is 0 Å². The molecule has 0 spiro atoms. The van der Waals surface area contributed by atoms with Gasteiger partial charge in [-0.05, 0) is 24.3 Å². The Morgan fingerprint density at radius 2 is 2.00 bits per heavy atom. The van der Waals surface area contributed by atoms with Crippen LogP contribution in [0.3, 0.4) is 0 Å². The second-order valence-corrected chi connectivity index (χ2v) is 6.24. The summed E-state index contributed by atoms with van der Waals surface area (Å²) >= 11 is 0. The quantitative estimate of drug-likeness (QED) is 0.763. The molecule has 1 aliphatic heterocycles. The zero-order valence-electron chi connectivity index (χ0n) is 15.6. The van der Waals surface area contributed by atoms with Crippen LogP contribution in [0.2, 0.25) is 0 Å². The zero-order valence-corrected chi connectivity index (χ0v) is 16.4. The van der Waals surface area contributed by atoms with Crippen molar-refractivity contribution in [2.75, 3.05) is 33.4 Å². The van der Waals surface area contributed by atoms with Crippen LogP contribution in [0.25, 0.3) is 0 Å². The van der Waals surface area contributed by atoms with Crippen molar-refractivity contribution in [3.8, 4) is 11.5 Å². The molecule has 1 unspecified atom stereocenters. The van der Waals surface area contributed by atoms with Crippen LogP contribution in [0.5, 0.6) is 11.5 Å². The van der Waals surface area contributed by atoms with E-state index in [9.17, 15) is 9.59 Å². The number of piperazine rings is 1. The number of halogens is 1. The highest BCUT2D eigenvalue weighted by atomic mass is 35.5. The SMILES string of the molecule is COc1ccccc1C1CNCCN1C(=O)c1cccc(OCC(N)=O)c1.Cl. The summed E-state index contributed by atoms with van der Waals surface area (Å²) in [5.41, 5.74) is 6.57. The number of hydrogen-bond donors (Lipinski definition) is 2. The lowest BCUT2D eigenvalue weighted by Gasteiger charge is -2.37. The number of carbonyl (C=O) groups excluding carboxylic acids is 2. The van der Waals surface area contributed by atoms with Gasteiger partial charge in [0, 0.05) is 30.8 Å². The Balaban J connectivity index is 0.00000280. The van der Waals surface area contributed by atoms with E-state index in [0.717, 1.165) is 17.9 Å². The summed E-state index contributed by atoms with van der Waals surface area (Å²) in [4.78, 5) is 25.9. The molecule has 7 nitrogen and oxygen atoms in total. The van der Waals surface area contributed by atoms with Crippen LogP contribution in [0.4, 0.5) is 0 Å². The van der Waals surface area contributed by atoms with E-state index in [1.54, 1.807) is 31.4 Å². The highest BCUT2D eigenvalue weighted by molar-refractivity contribution is 5.95. The van der Waals surface area contributed by atoms with E-state index in [0.29, 0.717) is 24.4 Å². The van der Waals surface area contributed by atoms with Gasteiger partial charge in [-0.25, -0.2) is 0 Å². The van der Waals surface area contributed by atoms with E-state index in [4.69, 9.17) is 15.2 Å². The van der Waals surface area contributed by atoms with Gasteiger partial charge in [0.05, 0.1) is 13.2 Å². The summed E-state index contributed by atoms with van der Waals surface area (Å²) in [5.74, 6) is 0.521. The molecule has 3 rings (SSSR count). The average molecular weight is 406 g/mol. The van der Waals surface area contributed by atoms with Crippen LogP contribution in [-0.2, 0) is 4.79 Å². The molecule has 0 aliphatic carbocycles. The second-order valence-electron chi connectivity index (χ2n) is 6.24. The molecule has 1 heterocycles. The first kappa shape index (κ1) is 21.5. The minimum Gasteiger partial charge on any atom is -0.496 e. The number of para-hydroxylation sites is 1. The predicted molar refractivity (Wildman–Crippen MR) is 108 cm³/mol. The first-order valence-electron chi connectivity index (χ1n) is 8.76. The number of rotatable bonds is 6. The zero-order chi connectivity index (χ0) is 19.2. The van der Waals surface area contributed by atoms with Crippen molar-refractivity contribution in [1.82, 2.24) is 10.2 Å². The topological polar surface area (TPSA) is 93.9 Å². The van der Waals surface area contributed by atoms with Crippen molar-refractivity contribution in [2.45, 2.75) is 6.04 Å². The highest BCUT2D eigenvalue weighted by Crippen LogP contribution is 2.31. The molecule has 1 atom stereocenters. The van der Waals surface area contributed by atoms with E-state index in [1.807, 2.05) is 29.2 Å². The minimum absolute atomic E-state index is 0. The fourth-order valence-electron chi connectivity index (χ4n) is 3.21. The number of primary amides is 1. The summed E-state index contributed by atoms with van der Waals surface area (Å²) < 4.78 is 10.8. The Morgan fingerprint density at radius 3 is 2.75 bits per heavy atom. The van der Waals surface area contributed by atoms with Crippen LogP contribution in [0.15, 0.2) is 48.5 Å². The molecule has 0 radical (unpaired) electrons. The summed E-state index contributed by atoms with van der Waals surface area (Å²) in [6.45, 7) is 1.71. The monoisotopic (exact) mass is 405 g/mol. The molecule has 8 heteroatoms. The number of benzene rings is 2. The molecule has 2 amide bonds. The van der Waals surface area contributed by atoms with Crippen molar-refractivity contribution in [2.24, 2.45) is 5.73 Å². The Morgan fingerprint density at radius 1 is 1.21 bits per heavy atom. The molecular formula is C20H24ClN3O4. The first-order valence-corrected chi connectivity index (χ1v) is 8.76. The van der Waals surface area contributed by atoms with Crippen LogP contribution >= 0.6 is 12.4 Å². The van der Waals surface area contributed by atoms with E-state index < -0.39 is 5.91 Å². The van der Waals surface area contributed by atoms with Gasteiger partial charge in [-0.2, -0.15) is 0 Å². The molecular weight excluding hydrogens is 382 g/mol. The number of methoxy groups -OCH3 is 1. The lowest BCUT2D eigenvalue weighted by Crippen LogP contribution is -2.48. The smallest absolute Gasteiger partial charge is 0.255 e. The fraction of sp³-hybridized carbons (Fsp3) is 0.300. The first-order chi connectivity index (χ1) is 13.1. The lowest BCUT2D eigenvalue weighted by molar-refractivity contribution is -0.119. The Bertz CT molecular complexity index is 831. The summed E-state index contributed by atoms with van der Waals surface area (Å²) in [7, 11) is 1.63. The molecule has 150 valence electrons. The van der Waals surface area contributed by atoms with Crippen molar-refractivity contribution in [3.05, 3.63) is 59.7 Å². The molecule has 1 saturated heterocycles. The summed E-state index contributed by atoms with van der Waals surface area (Å²) in [5, 5.41) is 3.34. The molecule has 0 saturated carbocycles. The maximum Gasteiger partial charge on any atom is 0.255 e. The normalized spacial score (nSPS) is 16.0. The molecule has 3 N–H and O–H groups in total. The maximum atomic E-state index is 13.2. The highest BCUT2D eigenvalue weighted by Gasteiger charge is 2.30. The van der Waals surface area contributed by atoms with Gasteiger partial charge in [0.25, 0.3) is 11.8 Å². The summed E-state index contributed by atoms with van der Waals surface area (Å²) in [6.07, 6.45) is 0. The van der Waals surface area contributed by atoms with E-state index in [1.165, 1.54) is 0 Å². The van der Waals surface area contributed by atoms with Crippen molar-refractivity contribution < 1.29 is 19.1 Å². The van der Waals surface area contributed by atoms with Gasteiger partial charge in [-0.1, -0.05) is 24.3 Å². The number of nitrogens with zero attached hydrogens (tertiary/aromatic N) is 1. The third kappa shape index (κ3) is 4.94. The molecule has 28 heavy (non-hydrogen) atoms. The fourth-order valence-corrected chi connectivity index (χ4v) is 3.21. The van der Waals surface area contributed by atoms with E-state index in [-0.39, 0.29) is 31.0 Å². The maximum absolute atomic E-state index is 13.2. The molecule has 2 aromatic carbocycles. The van der Waals surface area contributed by atoms with Gasteiger partial charge in [-0.15, -0.1) is 12.4 Å². The average Bonchev–Trinajstić information content (AvgIpc) is 2.72. The second kappa shape index (κ2) is 9.96. The Hall–Kier alpha value is -2.77. The predicted octanol–water partition coefficient (Wildman–Crippen LogP) is 1.77. The largest absolute Gasteiger partial charge is 0.496 e. The van der Waals surface area contributed by atoms with Crippen LogP contribution < -0.4 is 20.5 Å². The number of nitrogens with two attached hydrogens (primary N) is 1. The Labute approximate surface area is 170 Å². The molecule has 0 bridgehead atoms. The number of carbonyl (C=O) groups is 2. The van der Waals surface area contributed by atoms with Gasteiger partial charge in [-0.3, -0.25) is 9.59 Å². The van der Waals surface area contributed by atoms with Gasteiger partial charge in [0.2, 0.25) is 0 Å².